The molecule has 2 rings (SSSR count). The SMILES string of the molecule is Cc1cc(Br)c(C(Br)c2ccsc2)s1. The van der Waals surface area contributed by atoms with Crippen LogP contribution < -0.4 is 0 Å². The zero-order valence-electron chi connectivity index (χ0n) is 7.46. The van der Waals surface area contributed by atoms with Gasteiger partial charge in [0.2, 0.25) is 0 Å². The molecule has 0 bridgehead atoms. The largest absolute Gasteiger partial charge is 0.152 e. The maximum atomic E-state index is 3.72. The van der Waals surface area contributed by atoms with Crippen molar-refractivity contribution in [3.63, 3.8) is 0 Å². The lowest BCUT2D eigenvalue weighted by Crippen LogP contribution is -1.86. The Morgan fingerprint density at radius 1 is 1.43 bits per heavy atom. The Balaban J connectivity index is 2.36. The second-order valence-electron chi connectivity index (χ2n) is 2.99. The molecule has 0 spiro atoms. The van der Waals surface area contributed by atoms with Crippen LogP contribution in [0.1, 0.15) is 20.1 Å². The highest BCUT2D eigenvalue weighted by Crippen LogP contribution is 2.40. The summed E-state index contributed by atoms with van der Waals surface area (Å²) in [5.41, 5.74) is 1.33. The number of thiophene rings is 2. The highest BCUT2D eigenvalue weighted by molar-refractivity contribution is 9.11. The molecule has 2 aromatic heterocycles. The van der Waals surface area contributed by atoms with Gasteiger partial charge in [-0.25, -0.2) is 0 Å². The van der Waals surface area contributed by atoms with E-state index in [-0.39, 0.29) is 0 Å². The first-order chi connectivity index (χ1) is 6.68. The summed E-state index contributed by atoms with van der Waals surface area (Å²) in [7, 11) is 0. The van der Waals surface area contributed by atoms with Crippen molar-refractivity contribution >= 4 is 54.5 Å². The lowest BCUT2D eigenvalue weighted by atomic mass is 10.2. The molecular formula is C10H8Br2S2. The Hall–Kier alpha value is 0.360. The minimum Gasteiger partial charge on any atom is -0.152 e. The van der Waals surface area contributed by atoms with E-state index in [0.717, 1.165) is 0 Å². The van der Waals surface area contributed by atoms with Crippen molar-refractivity contribution in [2.24, 2.45) is 0 Å². The van der Waals surface area contributed by atoms with Gasteiger partial charge in [-0.3, -0.25) is 0 Å². The van der Waals surface area contributed by atoms with Gasteiger partial charge in [0, 0.05) is 14.2 Å². The van der Waals surface area contributed by atoms with Gasteiger partial charge in [0.25, 0.3) is 0 Å². The van der Waals surface area contributed by atoms with Crippen molar-refractivity contribution in [3.05, 3.63) is 42.7 Å². The standard InChI is InChI=1S/C10H8Br2S2/c1-6-4-8(11)10(14-6)9(12)7-2-3-13-5-7/h2-5,9H,1H3. The van der Waals surface area contributed by atoms with E-state index in [2.05, 4.69) is 61.7 Å². The van der Waals surface area contributed by atoms with Gasteiger partial charge in [0.1, 0.15) is 0 Å². The Morgan fingerprint density at radius 2 is 2.21 bits per heavy atom. The molecule has 1 atom stereocenters. The average molecular weight is 352 g/mol. The summed E-state index contributed by atoms with van der Waals surface area (Å²) < 4.78 is 1.20. The third-order valence-electron chi connectivity index (χ3n) is 1.90. The van der Waals surface area contributed by atoms with Gasteiger partial charge in [-0.15, -0.1) is 11.3 Å². The third-order valence-corrected chi connectivity index (χ3v) is 5.93. The van der Waals surface area contributed by atoms with E-state index >= 15 is 0 Å². The fourth-order valence-electron chi connectivity index (χ4n) is 1.24. The van der Waals surface area contributed by atoms with Crippen molar-refractivity contribution in [1.29, 1.82) is 0 Å². The molecule has 0 saturated carbocycles. The van der Waals surface area contributed by atoms with E-state index in [9.17, 15) is 0 Å². The fraction of sp³-hybridized carbons (Fsp3) is 0.200. The number of hydrogen-bond donors (Lipinski definition) is 0. The lowest BCUT2D eigenvalue weighted by Gasteiger charge is -2.05. The molecule has 2 heterocycles. The number of hydrogen-bond acceptors (Lipinski definition) is 2. The molecule has 74 valence electrons. The molecule has 0 aliphatic rings. The number of rotatable bonds is 2. The third kappa shape index (κ3) is 2.13. The predicted octanol–water partition coefficient (Wildman–Crippen LogP) is 5.36. The summed E-state index contributed by atoms with van der Waals surface area (Å²) in [4.78, 5) is 3.01. The molecule has 1 unspecified atom stereocenters. The van der Waals surface area contributed by atoms with Gasteiger partial charge in [-0.2, -0.15) is 11.3 Å². The maximum Gasteiger partial charge on any atom is 0.0757 e. The normalized spacial score (nSPS) is 13.1. The highest BCUT2D eigenvalue weighted by Gasteiger charge is 2.16. The molecule has 0 saturated heterocycles. The van der Waals surface area contributed by atoms with Gasteiger partial charge in [0.15, 0.2) is 0 Å². The summed E-state index contributed by atoms with van der Waals surface area (Å²) in [6.07, 6.45) is 0. The van der Waals surface area contributed by atoms with Gasteiger partial charge in [0.05, 0.1) is 4.83 Å². The van der Waals surface area contributed by atoms with E-state index in [1.165, 1.54) is 19.8 Å². The van der Waals surface area contributed by atoms with Crippen LogP contribution >= 0.6 is 54.5 Å². The lowest BCUT2D eigenvalue weighted by molar-refractivity contribution is 1.24. The second-order valence-corrected chi connectivity index (χ2v) is 6.83. The van der Waals surface area contributed by atoms with Crippen LogP contribution in [0.5, 0.6) is 0 Å². The molecule has 2 aromatic rings. The predicted molar refractivity (Wildman–Crippen MR) is 71.8 cm³/mol. The summed E-state index contributed by atoms with van der Waals surface area (Å²) in [6, 6.07) is 4.33. The van der Waals surface area contributed by atoms with Crippen LogP contribution in [0.4, 0.5) is 0 Å². The van der Waals surface area contributed by atoms with E-state index in [4.69, 9.17) is 0 Å². The zero-order chi connectivity index (χ0) is 10.1. The summed E-state index contributed by atoms with van der Waals surface area (Å²) in [6.45, 7) is 2.13. The van der Waals surface area contributed by atoms with E-state index in [1.54, 1.807) is 11.3 Å². The Labute approximate surface area is 108 Å². The summed E-state index contributed by atoms with van der Waals surface area (Å²) in [5, 5.41) is 4.29. The maximum absolute atomic E-state index is 3.72. The van der Waals surface area contributed by atoms with Crippen LogP contribution in [0.25, 0.3) is 0 Å². The molecule has 0 radical (unpaired) electrons. The Bertz CT molecular complexity index is 417. The molecule has 0 aliphatic heterocycles. The van der Waals surface area contributed by atoms with Crippen molar-refractivity contribution < 1.29 is 0 Å². The minimum atomic E-state index is 0.321. The molecule has 0 aromatic carbocycles. The van der Waals surface area contributed by atoms with Crippen molar-refractivity contribution in [1.82, 2.24) is 0 Å². The molecular weight excluding hydrogens is 344 g/mol. The number of aryl methyl sites for hydroxylation is 1. The van der Waals surface area contributed by atoms with Gasteiger partial charge >= 0.3 is 0 Å². The van der Waals surface area contributed by atoms with Crippen LogP contribution in [-0.2, 0) is 0 Å². The molecule has 14 heavy (non-hydrogen) atoms. The number of alkyl halides is 1. The van der Waals surface area contributed by atoms with Crippen LogP contribution in [-0.4, -0.2) is 0 Å². The average Bonchev–Trinajstić information content (AvgIpc) is 2.73. The smallest absolute Gasteiger partial charge is 0.0757 e. The van der Waals surface area contributed by atoms with Crippen molar-refractivity contribution in [2.45, 2.75) is 11.8 Å². The van der Waals surface area contributed by atoms with Crippen LogP contribution in [0.15, 0.2) is 27.4 Å². The van der Waals surface area contributed by atoms with Crippen LogP contribution in [0.3, 0.4) is 0 Å². The highest BCUT2D eigenvalue weighted by atomic mass is 79.9. The minimum absolute atomic E-state index is 0.321. The first kappa shape index (κ1) is 10.9. The second kappa shape index (κ2) is 4.47. The molecule has 0 N–H and O–H groups in total. The molecule has 0 aliphatic carbocycles. The summed E-state index contributed by atoms with van der Waals surface area (Å²) in [5.74, 6) is 0. The van der Waals surface area contributed by atoms with Gasteiger partial charge in [-0.05, 0) is 51.3 Å². The Kier molecular flexibility index (Phi) is 3.47. The molecule has 0 fully saturated rings. The van der Waals surface area contributed by atoms with Crippen molar-refractivity contribution in [2.75, 3.05) is 0 Å². The van der Waals surface area contributed by atoms with Crippen molar-refractivity contribution in [3.8, 4) is 0 Å². The number of halogens is 2. The summed E-state index contributed by atoms with van der Waals surface area (Å²) >= 11 is 10.9. The van der Waals surface area contributed by atoms with E-state index in [0.29, 0.717) is 4.83 Å². The van der Waals surface area contributed by atoms with Crippen LogP contribution in [0.2, 0.25) is 0 Å². The van der Waals surface area contributed by atoms with E-state index < -0.39 is 0 Å². The first-order valence-electron chi connectivity index (χ1n) is 4.10. The van der Waals surface area contributed by atoms with E-state index in [1.807, 2.05) is 11.3 Å². The fourth-order valence-corrected chi connectivity index (χ4v) is 5.11. The quantitative estimate of drug-likeness (QED) is 0.638. The van der Waals surface area contributed by atoms with Crippen LogP contribution in [0, 0.1) is 6.92 Å². The molecule has 0 amide bonds. The van der Waals surface area contributed by atoms with Gasteiger partial charge in [-0.1, -0.05) is 15.9 Å². The topological polar surface area (TPSA) is 0 Å². The molecule has 4 heteroatoms. The monoisotopic (exact) mass is 350 g/mol. The zero-order valence-corrected chi connectivity index (χ0v) is 12.3. The first-order valence-corrected chi connectivity index (χ1v) is 7.57. The molecule has 0 nitrogen and oxygen atoms in total. The van der Waals surface area contributed by atoms with Gasteiger partial charge < -0.3 is 0 Å². The Morgan fingerprint density at radius 3 is 2.71 bits per heavy atom.